The van der Waals surface area contributed by atoms with Crippen LogP contribution in [0.25, 0.3) is 10.8 Å². The van der Waals surface area contributed by atoms with Gasteiger partial charge in [0.2, 0.25) is 0 Å². The Labute approximate surface area is 198 Å². The van der Waals surface area contributed by atoms with Gasteiger partial charge in [0.25, 0.3) is 5.91 Å². The normalized spacial score (nSPS) is 13.6. The lowest BCUT2D eigenvalue weighted by molar-refractivity contribution is -0.159. The number of ether oxygens (including phenoxy) is 1. The summed E-state index contributed by atoms with van der Waals surface area (Å²) < 4.78 is 5.64. The fourth-order valence-electron chi connectivity index (χ4n) is 3.70. The van der Waals surface area contributed by atoms with Gasteiger partial charge in [0.1, 0.15) is 5.75 Å². The van der Waals surface area contributed by atoms with E-state index in [-0.39, 0.29) is 12.5 Å². The highest BCUT2D eigenvalue weighted by atomic mass is 16.5. The predicted molar refractivity (Wildman–Crippen MR) is 128 cm³/mol. The van der Waals surface area contributed by atoms with E-state index in [1.165, 1.54) is 21.9 Å². The maximum atomic E-state index is 12.5. The number of fused-ring (bicyclic) bond motifs is 1. The molecule has 0 radical (unpaired) electrons. The minimum absolute atomic E-state index is 0.0605. The highest BCUT2D eigenvalue weighted by molar-refractivity contribution is 6.27. The molecule has 0 bridgehead atoms. The van der Waals surface area contributed by atoms with Gasteiger partial charge in [-0.3, -0.25) is 9.69 Å². The number of nitrogens with zero attached hydrogens (tertiary/aromatic N) is 2. The number of rotatable bonds is 5. The van der Waals surface area contributed by atoms with Crippen LogP contribution in [0.1, 0.15) is 11.1 Å². The van der Waals surface area contributed by atoms with Gasteiger partial charge >= 0.3 is 11.9 Å². The third-order valence-electron chi connectivity index (χ3n) is 5.57. The summed E-state index contributed by atoms with van der Waals surface area (Å²) in [4.78, 5) is 35.0. The van der Waals surface area contributed by atoms with Crippen LogP contribution in [0, 0.1) is 6.92 Å². The summed E-state index contributed by atoms with van der Waals surface area (Å²) in [5.41, 5.74) is 2.53. The first-order valence-electron chi connectivity index (χ1n) is 11.0. The molecule has 0 aromatic heterocycles. The van der Waals surface area contributed by atoms with Crippen molar-refractivity contribution in [2.75, 3.05) is 32.8 Å². The third kappa shape index (κ3) is 7.05. The monoisotopic (exact) mass is 464 g/mol. The van der Waals surface area contributed by atoms with Crippen LogP contribution >= 0.6 is 0 Å². The summed E-state index contributed by atoms with van der Waals surface area (Å²) in [6.07, 6.45) is 0. The highest BCUT2D eigenvalue weighted by Crippen LogP contribution is 2.20. The van der Waals surface area contributed by atoms with Crippen molar-refractivity contribution in [3.63, 3.8) is 0 Å². The number of carboxylic acid groups (broad SMARTS) is 2. The van der Waals surface area contributed by atoms with Crippen molar-refractivity contribution in [3.05, 3.63) is 77.9 Å². The Kier molecular flexibility index (Phi) is 8.59. The van der Waals surface area contributed by atoms with Crippen molar-refractivity contribution in [1.82, 2.24) is 9.80 Å². The number of hydrogen-bond acceptors (Lipinski definition) is 5. The Morgan fingerprint density at radius 2 is 1.44 bits per heavy atom. The maximum absolute atomic E-state index is 12.5. The second-order valence-corrected chi connectivity index (χ2v) is 8.01. The smallest absolute Gasteiger partial charge is 0.414 e. The first-order chi connectivity index (χ1) is 16.3. The molecule has 1 saturated heterocycles. The van der Waals surface area contributed by atoms with Crippen LogP contribution in [0.4, 0.5) is 0 Å². The fourth-order valence-corrected chi connectivity index (χ4v) is 3.70. The lowest BCUT2D eigenvalue weighted by atomic mass is 10.0. The van der Waals surface area contributed by atoms with Crippen molar-refractivity contribution in [2.24, 2.45) is 0 Å². The second-order valence-electron chi connectivity index (χ2n) is 8.01. The van der Waals surface area contributed by atoms with E-state index < -0.39 is 11.9 Å². The number of piperazine rings is 1. The van der Waals surface area contributed by atoms with Gasteiger partial charge in [0, 0.05) is 32.7 Å². The van der Waals surface area contributed by atoms with Gasteiger partial charge in [0.05, 0.1) is 0 Å². The number of carboxylic acids is 2. The van der Waals surface area contributed by atoms with Crippen molar-refractivity contribution >= 4 is 28.6 Å². The lowest BCUT2D eigenvalue weighted by Crippen LogP contribution is -2.49. The molecule has 0 atom stereocenters. The number of hydrogen-bond donors (Lipinski definition) is 2. The van der Waals surface area contributed by atoms with E-state index in [1.807, 2.05) is 36.1 Å². The molecular weight excluding hydrogens is 436 g/mol. The van der Waals surface area contributed by atoms with Gasteiger partial charge in [-0.25, -0.2) is 9.59 Å². The van der Waals surface area contributed by atoms with Gasteiger partial charge in [-0.05, 0) is 35.4 Å². The van der Waals surface area contributed by atoms with Crippen molar-refractivity contribution in [3.8, 4) is 5.75 Å². The zero-order valence-corrected chi connectivity index (χ0v) is 19.0. The van der Waals surface area contributed by atoms with Crippen molar-refractivity contribution < 1.29 is 29.3 Å². The van der Waals surface area contributed by atoms with Crippen LogP contribution < -0.4 is 4.74 Å². The van der Waals surface area contributed by atoms with Crippen LogP contribution in [0.15, 0.2) is 66.7 Å². The molecule has 8 heteroatoms. The van der Waals surface area contributed by atoms with E-state index in [1.54, 1.807) is 0 Å². The topological polar surface area (TPSA) is 107 Å². The minimum atomic E-state index is -1.82. The molecule has 1 aliphatic heterocycles. The van der Waals surface area contributed by atoms with E-state index in [4.69, 9.17) is 24.5 Å². The van der Waals surface area contributed by atoms with Gasteiger partial charge < -0.3 is 19.8 Å². The van der Waals surface area contributed by atoms with E-state index in [0.717, 1.165) is 38.5 Å². The molecule has 0 saturated carbocycles. The molecule has 1 fully saturated rings. The molecule has 1 aliphatic rings. The van der Waals surface area contributed by atoms with Crippen LogP contribution in [0.3, 0.4) is 0 Å². The molecule has 0 spiro atoms. The number of amides is 1. The van der Waals surface area contributed by atoms with Gasteiger partial charge in [-0.15, -0.1) is 0 Å². The minimum Gasteiger partial charge on any atom is -0.484 e. The lowest BCUT2D eigenvalue weighted by Gasteiger charge is -2.34. The number of aryl methyl sites for hydroxylation is 1. The van der Waals surface area contributed by atoms with Gasteiger partial charge in [0.15, 0.2) is 6.61 Å². The van der Waals surface area contributed by atoms with E-state index in [9.17, 15) is 4.79 Å². The largest absolute Gasteiger partial charge is 0.484 e. The average molecular weight is 465 g/mol. The molecule has 0 unspecified atom stereocenters. The maximum Gasteiger partial charge on any atom is 0.414 e. The Hall–Kier alpha value is -3.91. The molecule has 34 heavy (non-hydrogen) atoms. The number of aliphatic carboxylic acids is 2. The molecule has 8 nitrogen and oxygen atoms in total. The Bertz CT molecular complexity index is 1120. The Balaban J connectivity index is 0.000000481. The molecule has 3 aromatic carbocycles. The molecule has 3 aromatic rings. The fraction of sp³-hybridized carbons (Fsp3) is 0.269. The third-order valence-corrected chi connectivity index (χ3v) is 5.57. The van der Waals surface area contributed by atoms with Crippen LogP contribution in [-0.4, -0.2) is 70.6 Å². The van der Waals surface area contributed by atoms with E-state index in [0.29, 0.717) is 0 Å². The first kappa shape index (κ1) is 24.7. The molecule has 4 rings (SSSR count). The molecule has 0 aliphatic carbocycles. The number of carbonyl (C=O) groups excluding carboxylic acids is 1. The first-order valence-corrected chi connectivity index (χ1v) is 11.0. The predicted octanol–water partition coefficient (Wildman–Crippen LogP) is 3.03. The van der Waals surface area contributed by atoms with Crippen molar-refractivity contribution in [1.29, 1.82) is 0 Å². The summed E-state index contributed by atoms with van der Waals surface area (Å²) in [5.74, 6) is -2.84. The molecular formula is C26H28N2O6. The standard InChI is InChI=1S/C24H26N2O2.C2H2O4/c1-19-9-11-22(12-10-19)28-18-24(27)26-15-13-25(14-16-26)17-21-7-4-6-20-5-2-3-8-23(20)21;3-1(4)2(5)6/h2-12H,13-18H2,1H3;(H,3,4)(H,5,6). The van der Waals surface area contributed by atoms with Crippen LogP contribution in [0.2, 0.25) is 0 Å². The summed E-state index contributed by atoms with van der Waals surface area (Å²) in [7, 11) is 0. The average Bonchev–Trinajstić information content (AvgIpc) is 2.84. The zero-order chi connectivity index (χ0) is 24.5. The molecule has 1 amide bonds. The van der Waals surface area contributed by atoms with E-state index >= 15 is 0 Å². The Morgan fingerprint density at radius 1 is 0.824 bits per heavy atom. The summed E-state index contributed by atoms with van der Waals surface area (Å²) in [6, 6.07) is 22.8. The van der Waals surface area contributed by atoms with Crippen molar-refractivity contribution in [2.45, 2.75) is 13.5 Å². The highest BCUT2D eigenvalue weighted by Gasteiger charge is 2.21. The second kappa shape index (κ2) is 11.8. The molecule has 2 N–H and O–H groups in total. The molecule has 1 heterocycles. The van der Waals surface area contributed by atoms with Gasteiger partial charge in [-0.2, -0.15) is 0 Å². The zero-order valence-electron chi connectivity index (χ0n) is 19.0. The summed E-state index contributed by atoms with van der Waals surface area (Å²) >= 11 is 0. The van der Waals surface area contributed by atoms with E-state index in [2.05, 4.69) is 47.4 Å². The molecule has 178 valence electrons. The summed E-state index contributed by atoms with van der Waals surface area (Å²) in [6.45, 7) is 6.34. The Morgan fingerprint density at radius 3 is 2.09 bits per heavy atom. The van der Waals surface area contributed by atoms with Crippen LogP contribution in [-0.2, 0) is 20.9 Å². The number of benzene rings is 3. The quantitative estimate of drug-likeness (QED) is 0.559. The number of carbonyl (C=O) groups is 3. The SMILES string of the molecule is Cc1ccc(OCC(=O)N2CCN(Cc3cccc4ccccc34)CC2)cc1.O=C(O)C(=O)O. The van der Waals surface area contributed by atoms with Gasteiger partial charge in [-0.1, -0.05) is 60.2 Å². The summed E-state index contributed by atoms with van der Waals surface area (Å²) in [5, 5.41) is 17.4. The van der Waals surface area contributed by atoms with Crippen LogP contribution in [0.5, 0.6) is 5.75 Å².